The van der Waals surface area contributed by atoms with Gasteiger partial charge in [0.15, 0.2) is 0 Å². The summed E-state index contributed by atoms with van der Waals surface area (Å²) in [6, 6.07) is 0. The van der Waals surface area contributed by atoms with Crippen molar-refractivity contribution in [3.63, 3.8) is 0 Å². The van der Waals surface area contributed by atoms with Gasteiger partial charge >= 0.3 is 0 Å². The second kappa shape index (κ2) is 2.52. The first-order chi connectivity index (χ1) is 6.20. The van der Waals surface area contributed by atoms with Gasteiger partial charge in [-0.15, -0.1) is 0 Å². The smallest absolute Gasteiger partial charge is 0.0326 e. The third kappa shape index (κ3) is 0.877. The summed E-state index contributed by atoms with van der Waals surface area (Å²) < 4.78 is 0. The summed E-state index contributed by atoms with van der Waals surface area (Å²) in [5.74, 6) is 7.64. The van der Waals surface area contributed by atoms with Gasteiger partial charge in [0.2, 0.25) is 0 Å². The molecular formula is C13H22. The molecular weight excluding hydrogens is 156 g/mol. The predicted molar refractivity (Wildman–Crippen MR) is 55.3 cm³/mol. The maximum atomic E-state index is 2.51. The predicted octanol–water partition coefficient (Wildman–Crippen LogP) is 3.57. The zero-order valence-corrected chi connectivity index (χ0v) is 9.16. The molecule has 0 amide bonds. The minimum atomic E-state index is 1.03. The molecule has 0 aromatic heterocycles. The first-order valence-corrected chi connectivity index (χ1v) is 6.20. The van der Waals surface area contributed by atoms with Gasteiger partial charge < -0.3 is 0 Å². The second-order valence-electron chi connectivity index (χ2n) is 6.08. The molecule has 3 aliphatic rings. The Morgan fingerprint density at radius 3 is 2.23 bits per heavy atom. The average Bonchev–Trinajstić information content (AvgIpc) is 2.70. The fraction of sp³-hybridized carbons (Fsp3) is 1.00. The van der Waals surface area contributed by atoms with Crippen LogP contribution in [-0.4, -0.2) is 0 Å². The van der Waals surface area contributed by atoms with Gasteiger partial charge in [-0.3, -0.25) is 0 Å². The third-order valence-electron chi connectivity index (χ3n) is 5.88. The Morgan fingerprint density at radius 1 is 0.769 bits per heavy atom. The molecule has 74 valence electrons. The Hall–Kier alpha value is 0. The van der Waals surface area contributed by atoms with Crippen molar-refractivity contribution in [1.29, 1.82) is 0 Å². The van der Waals surface area contributed by atoms with Crippen molar-refractivity contribution in [3.8, 4) is 0 Å². The van der Waals surface area contributed by atoms with E-state index in [9.17, 15) is 0 Å². The molecule has 13 heavy (non-hydrogen) atoms. The molecule has 0 aromatic rings. The van der Waals surface area contributed by atoms with Crippen molar-refractivity contribution in [3.05, 3.63) is 0 Å². The van der Waals surface area contributed by atoms with Crippen LogP contribution in [0.4, 0.5) is 0 Å². The van der Waals surface area contributed by atoms with E-state index in [1.807, 2.05) is 0 Å². The zero-order valence-electron chi connectivity index (χ0n) is 9.16. The van der Waals surface area contributed by atoms with Crippen LogP contribution in [0.2, 0.25) is 0 Å². The Morgan fingerprint density at radius 2 is 1.46 bits per heavy atom. The number of hydrogen-bond acceptors (Lipinski definition) is 0. The zero-order chi connectivity index (χ0) is 9.16. The highest BCUT2D eigenvalue weighted by molar-refractivity contribution is 5.06. The van der Waals surface area contributed by atoms with E-state index in [-0.39, 0.29) is 0 Å². The summed E-state index contributed by atoms with van der Waals surface area (Å²) in [7, 11) is 0. The highest BCUT2D eigenvalue weighted by Gasteiger charge is 2.57. The van der Waals surface area contributed by atoms with Crippen LogP contribution < -0.4 is 0 Å². The molecule has 0 N–H and O–H groups in total. The maximum absolute atomic E-state index is 2.51. The van der Waals surface area contributed by atoms with E-state index >= 15 is 0 Å². The van der Waals surface area contributed by atoms with Crippen molar-refractivity contribution >= 4 is 0 Å². The molecule has 0 aliphatic heterocycles. The van der Waals surface area contributed by atoms with Crippen molar-refractivity contribution in [1.82, 2.24) is 0 Å². The van der Waals surface area contributed by atoms with Gasteiger partial charge in [0.25, 0.3) is 0 Å². The fourth-order valence-electron chi connectivity index (χ4n) is 5.10. The van der Waals surface area contributed by atoms with Crippen LogP contribution in [0.15, 0.2) is 0 Å². The van der Waals surface area contributed by atoms with Gasteiger partial charge in [-0.05, 0) is 54.3 Å². The van der Waals surface area contributed by atoms with Crippen molar-refractivity contribution < 1.29 is 0 Å². The first kappa shape index (κ1) is 8.32. The molecule has 2 bridgehead atoms. The maximum Gasteiger partial charge on any atom is -0.0326 e. The van der Waals surface area contributed by atoms with Crippen LogP contribution in [0, 0.1) is 41.4 Å². The normalized spacial score (nSPS) is 64.4. The summed E-state index contributed by atoms with van der Waals surface area (Å²) in [6.45, 7) is 7.52. The van der Waals surface area contributed by atoms with Crippen molar-refractivity contribution in [2.24, 2.45) is 41.4 Å². The summed E-state index contributed by atoms with van der Waals surface area (Å²) in [4.78, 5) is 0. The SMILES string of the molecule is CC1CCC2C3CC(C(C)C3C)C12. The molecule has 0 heteroatoms. The van der Waals surface area contributed by atoms with Crippen LogP contribution >= 0.6 is 0 Å². The summed E-state index contributed by atoms with van der Waals surface area (Å²) >= 11 is 0. The standard InChI is InChI=1S/C13H22/c1-7-4-5-10-11-6-12(13(7)10)9(3)8(11)2/h7-13H,4-6H2,1-3H3. The number of hydrogen-bond donors (Lipinski definition) is 0. The molecule has 7 atom stereocenters. The van der Waals surface area contributed by atoms with Gasteiger partial charge in [0.1, 0.15) is 0 Å². The van der Waals surface area contributed by atoms with E-state index in [1.54, 1.807) is 12.8 Å². The van der Waals surface area contributed by atoms with Gasteiger partial charge in [0, 0.05) is 0 Å². The second-order valence-corrected chi connectivity index (χ2v) is 6.08. The first-order valence-electron chi connectivity index (χ1n) is 6.20. The lowest BCUT2D eigenvalue weighted by Crippen LogP contribution is -2.31. The summed E-state index contributed by atoms with van der Waals surface area (Å²) in [5.41, 5.74) is 0. The molecule has 3 saturated carbocycles. The quantitative estimate of drug-likeness (QED) is 0.532. The molecule has 0 saturated heterocycles. The Balaban J connectivity index is 1.92. The van der Waals surface area contributed by atoms with Crippen molar-refractivity contribution in [2.45, 2.75) is 40.0 Å². The average molecular weight is 178 g/mol. The monoisotopic (exact) mass is 178 g/mol. The van der Waals surface area contributed by atoms with Crippen LogP contribution in [0.5, 0.6) is 0 Å². The van der Waals surface area contributed by atoms with E-state index in [4.69, 9.17) is 0 Å². The van der Waals surface area contributed by atoms with Gasteiger partial charge in [-0.2, -0.15) is 0 Å². The molecule has 0 heterocycles. The lowest BCUT2D eigenvalue weighted by Gasteiger charge is -2.36. The molecule has 0 radical (unpaired) electrons. The number of fused-ring (bicyclic) bond motifs is 5. The Bertz CT molecular complexity index is 220. The Labute approximate surface area is 82.1 Å². The Kier molecular flexibility index (Phi) is 1.61. The summed E-state index contributed by atoms with van der Waals surface area (Å²) in [5, 5.41) is 0. The van der Waals surface area contributed by atoms with E-state index in [1.165, 1.54) is 6.42 Å². The van der Waals surface area contributed by atoms with Crippen molar-refractivity contribution in [2.75, 3.05) is 0 Å². The molecule has 0 aromatic carbocycles. The summed E-state index contributed by atoms with van der Waals surface area (Å²) in [6.07, 6.45) is 4.67. The van der Waals surface area contributed by atoms with Crippen LogP contribution in [0.3, 0.4) is 0 Å². The minimum Gasteiger partial charge on any atom is -0.0622 e. The highest BCUT2D eigenvalue weighted by Crippen LogP contribution is 2.64. The van der Waals surface area contributed by atoms with Gasteiger partial charge in [-0.25, -0.2) is 0 Å². The molecule has 0 nitrogen and oxygen atoms in total. The topological polar surface area (TPSA) is 0 Å². The van der Waals surface area contributed by atoms with Gasteiger partial charge in [0.05, 0.1) is 0 Å². The van der Waals surface area contributed by atoms with Crippen LogP contribution in [0.25, 0.3) is 0 Å². The third-order valence-corrected chi connectivity index (χ3v) is 5.88. The van der Waals surface area contributed by atoms with Crippen LogP contribution in [-0.2, 0) is 0 Å². The molecule has 0 spiro atoms. The van der Waals surface area contributed by atoms with Crippen LogP contribution in [0.1, 0.15) is 40.0 Å². The number of rotatable bonds is 0. The molecule has 3 aliphatic carbocycles. The van der Waals surface area contributed by atoms with E-state index < -0.39 is 0 Å². The van der Waals surface area contributed by atoms with E-state index in [2.05, 4.69) is 20.8 Å². The lowest BCUT2D eigenvalue weighted by molar-refractivity contribution is 0.119. The molecule has 7 unspecified atom stereocenters. The minimum absolute atomic E-state index is 1.03. The fourth-order valence-corrected chi connectivity index (χ4v) is 5.10. The molecule has 3 fully saturated rings. The van der Waals surface area contributed by atoms with E-state index in [0.29, 0.717) is 0 Å². The largest absolute Gasteiger partial charge is 0.0622 e. The molecule has 3 rings (SSSR count). The lowest BCUT2D eigenvalue weighted by atomic mass is 9.69. The highest BCUT2D eigenvalue weighted by atomic mass is 14.6. The van der Waals surface area contributed by atoms with E-state index in [0.717, 1.165) is 41.4 Å². The van der Waals surface area contributed by atoms with Gasteiger partial charge in [-0.1, -0.05) is 27.2 Å².